The zero-order valence-corrected chi connectivity index (χ0v) is 18.7. The second kappa shape index (κ2) is 9.45. The predicted octanol–water partition coefficient (Wildman–Crippen LogP) is 6.18. The quantitative estimate of drug-likeness (QED) is 0.453. The summed E-state index contributed by atoms with van der Waals surface area (Å²) in [4.78, 5) is 17.8. The van der Waals surface area contributed by atoms with Crippen molar-refractivity contribution in [1.82, 2.24) is 5.32 Å². The second-order valence-electron chi connectivity index (χ2n) is 6.84. The first-order valence-electron chi connectivity index (χ1n) is 9.86. The van der Waals surface area contributed by atoms with Gasteiger partial charge in [-0.1, -0.05) is 48.9 Å². The number of fused-ring (bicyclic) bond motifs is 1. The highest BCUT2D eigenvalue weighted by atomic mass is 35.5. The molecule has 0 spiro atoms. The van der Waals surface area contributed by atoms with Crippen molar-refractivity contribution in [2.24, 2.45) is 4.99 Å². The van der Waals surface area contributed by atoms with Gasteiger partial charge in [-0.3, -0.25) is 4.79 Å². The Labute approximate surface area is 190 Å². The third-order valence-corrected chi connectivity index (χ3v) is 5.83. The lowest BCUT2D eigenvalue weighted by atomic mass is 10.0. The van der Waals surface area contributed by atoms with E-state index in [2.05, 4.69) is 17.2 Å². The summed E-state index contributed by atoms with van der Waals surface area (Å²) in [5, 5.41) is 5.94. The van der Waals surface area contributed by atoms with Crippen LogP contribution in [0, 0.1) is 0 Å². The van der Waals surface area contributed by atoms with Crippen LogP contribution >= 0.6 is 23.4 Å². The molecule has 0 aromatic heterocycles. The van der Waals surface area contributed by atoms with E-state index in [9.17, 15) is 4.79 Å². The summed E-state index contributed by atoms with van der Waals surface area (Å²) >= 11 is 7.37. The molecule has 31 heavy (non-hydrogen) atoms. The smallest absolute Gasteiger partial charge is 0.264 e. The molecule has 0 saturated carbocycles. The fourth-order valence-corrected chi connectivity index (χ4v) is 4.22. The topological polar surface area (TPSA) is 59.9 Å². The fourth-order valence-electron chi connectivity index (χ4n) is 3.23. The number of hydrogen-bond donors (Lipinski definition) is 1. The Bertz CT molecular complexity index is 1210. The molecule has 1 fully saturated rings. The van der Waals surface area contributed by atoms with E-state index in [0.717, 1.165) is 28.5 Å². The lowest BCUT2D eigenvalue weighted by molar-refractivity contribution is -0.115. The largest absolute Gasteiger partial charge is 0.494 e. The number of amides is 1. The summed E-state index contributed by atoms with van der Waals surface area (Å²) in [6.45, 7) is 2.67. The monoisotopic (exact) mass is 452 g/mol. The van der Waals surface area contributed by atoms with Crippen LogP contribution in [-0.2, 0) is 4.79 Å². The van der Waals surface area contributed by atoms with Crippen molar-refractivity contribution in [3.8, 4) is 11.5 Å². The Morgan fingerprint density at radius 3 is 2.74 bits per heavy atom. The summed E-state index contributed by atoms with van der Waals surface area (Å²) < 4.78 is 11.3. The van der Waals surface area contributed by atoms with Gasteiger partial charge in [-0.2, -0.15) is 0 Å². The number of aliphatic imine (C=N–C) groups is 1. The molecule has 5 nitrogen and oxygen atoms in total. The van der Waals surface area contributed by atoms with E-state index in [-0.39, 0.29) is 5.91 Å². The van der Waals surface area contributed by atoms with Gasteiger partial charge in [0.1, 0.15) is 17.2 Å². The third-order valence-electron chi connectivity index (χ3n) is 4.68. The van der Waals surface area contributed by atoms with Crippen LogP contribution in [0.2, 0.25) is 5.02 Å². The number of nitrogens with one attached hydrogen (secondary N) is 1. The van der Waals surface area contributed by atoms with Crippen molar-refractivity contribution in [2.75, 3.05) is 13.7 Å². The molecule has 0 aliphatic carbocycles. The van der Waals surface area contributed by atoms with Crippen LogP contribution in [0.1, 0.15) is 18.9 Å². The van der Waals surface area contributed by atoms with Crippen LogP contribution in [0.5, 0.6) is 11.5 Å². The molecule has 1 aliphatic heterocycles. The van der Waals surface area contributed by atoms with Crippen LogP contribution in [0.15, 0.2) is 64.5 Å². The first-order valence-corrected chi connectivity index (χ1v) is 11.1. The van der Waals surface area contributed by atoms with E-state index in [1.54, 1.807) is 25.3 Å². The molecule has 4 rings (SSSR count). The Morgan fingerprint density at radius 1 is 1.13 bits per heavy atom. The minimum Gasteiger partial charge on any atom is -0.494 e. The Hall–Kier alpha value is -2.96. The summed E-state index contributed by atoms with van der Waals surface area (Å²) in [6, 6.07) is 17.2. The number of carbonyl (C=O) groups is 1. The molecular weight excluding hydrogens is 432 g/mol. The van der Waals surface area contributed by atoms with Gasteiger partial charge < -0.3 is 14.8 Å². The highest BCUT2D eigenvalue weighted by Crippen LogP contribution is 2.36. The second-order valence-corrected chi connectivity index (χ2v) is 8.31. The molecule has 1 N–H and O–H groups in total. The maximum absolute atomic E-state index is 12.7. The predicted molar refractivity (Wildman–Crippen MR) is 129 cm³/mol. The molecule has 1 amide bonds. The van der Waals surface area contributed by atoms with E-state index in [1.165, 1.54) is 11.8 Å². The van der Waals surface area contributed by atoms with Crippen molar-refractivity contribution in [2.45, 2.75) is 13.3 Å². The molecule has 7 heteroatoms. The molecule has 3 aromatic carbocycles. The van der Waals surface area contributed by atoms with Crippen molar-refractivity contribution in [3.05, 3.63) is 70.1 Å². The van der Waals surface area contributed by atoms with Crippen LogP contribution < -0.4 is 14.8 Å². The first kappa shape index (κ1) is 21.3. The number of rotatable bonds is 6. The number of methoxy groups -OCH3 is 1. The zero-order valence-electron chi connectivity index (χ0n) is 17.1. The number of benzene rings is 3. The Morgan fingerprint density at radius 2 is 1.94 bits per heavy atom. The maximum Gasteiger partial charge on any atom is 0.264 e. The Balaban J connectivity index is 1.73. The number of carbonyl (C=O) groups excluding carboxylic acids is 1. The Kier molecular flexibility index (Phi) is 6.49. The highest BCUT2D eigenvalue weighted by Gasteiger charge is 2.25. The van der Waals surface area contributed by atoms with E-state index < -0.39 is 0 Å². The van der Waals surface area contributed by atoms with Crippen LogP contribution in [0.4, 0.5) is 5.69 Å². The minimum absolute atomic E-state index is 0.209. The summed E-state index contributed by atoms with van der Waals surface area (Å²) in [5.41, 5.74) is 1.43. The summed E-state index contributed by atoms with van der Waals surface area (Å²) in [5.74, 6) is 1.12. The van der Waals surface area contributed by atoms with E-state index in [0.29, 0.717) is 33.1 Å². The lowest BCUT2D eigenvalue weighted by Crippen LogP contribution is -2.19. The van der Waals surface area contributed by atoms with Crippen molar-refractivity contribution in [1.29, 1.82) is 0 Å². The number of thioether (sulfide) groups is 1. The maximum atomic E-state index is 12.7. The van der Waals surface area contributed by atoms with Gasteiger partial charge in [0, 0.05) is 10.6 Å². The van der Waals surface area contributed by atoms with Gasteiger partial charge in [0.15, 0.2) is 5.17 Å². The van der Waals surface area contributed by atoms with Gasteiger partial charge in [-0.05, 0) is 59.3 Å². The van der Waals surface area contributed by atoms with Gasteiger partial charge in [0.2, 0.25) is 0 Å². The van der Waals surface area contributed by atoms with Gasteiger partial charge in [0.05, 0.1) is 18.6 Å². The molecule has 158 valence electrons. The average Bonchev–Trinajstić information content (AvgIpc) is 3.12. The van der Waals surface area contributed by atoms with E-state index in [4.69, 9.17) is 21.1 Å². The fraction of sp³-hybridized carbons (Fsp3) is 0.167. The molecule has 1 aliphatic rings. The lowest BCUT2D eigenvalue weighted by Gasteiger charge is -2.11. The van der Waals surface area contributed by atoms with Crippen LogP contribution in [-0.4, -0.2) is 24.8 Å². The number of ether oxygens (including phenoxy) is 2. The standard InChI is InChI=1S/C24H21ClN2O3S/c1-3-12-30-20-10-8-15-6-4-5-7-17(15)18(20)14-22-23(28)27-24(31-22)26-19-13-16(25)9-11-21(19)29-2/h4-11,13-14H,3,12H2,1-2H3,(H,26,27,28)/b22-14-. The van der Waals surface area contributed by atoms with Crippen molar-refractivity contribution >= 4 is 57.0 Å². The van der Waals surface area contributed by atoms with Gasteiger partial charge in [0.25, 0.3) is 5.91 Å². The van der Waals surface area contributed by atoms with Crippen molar-refractivity contribution in [3.63, 3.8) is 0 Å². The molecule has 3 aromatic rings. The molecular formula is C24H21ClN2O3S. The molecule has 0 unspecified atom stereocenters. The van der Waals surface area contributed by atoms with E-state index in [1.807, 2.05) is 42.5 Å². The van der Waals surface area contributed by atoms with Gasteiger partial charge in [-0.15, -0.1) is 0 Å². The van der Waals surface area contributed by atoms with Crippen LogP contribution in [0.25, 0.3) is 16.8 Å². The molecule has 1 heterocycles. The number of hydrogen-bond acceptors (Lipinski definition) is 5. The zero-order chi connectivity index (χ0) is 21.8. The number of nitrogens with zero attached hydrogens (tertiary/aromatic N) is 1. The molecule has 0 atom stereocenters. The van der Waals surface area contributed by atoms with Gasteiger partial charge >= 0.3 is 0 Å². The molecule has 0 radical (unpaired) electrons. The highest BCUT2D eigenvalue weighted by molar-refractivity contribution is 8.18. The van der Waals surface area contributed by atoms with Crippen molar-refractivity contribution < 1.29 is 14.3 Å². The normalized spacial score (nSPS) is 16.2. The summed E-state index contributed by atoms with van der Waals surface area (Å²) in [7, 11) is 1.57. The van der Waals surface area contributed by atoms with E-state index >= 15 is 0 Å². The minimum atomic E-state index is -0.209. The molecule has 1 saturated heterocycles. The number of amidine groups is 1. The summed E-state index contributed by atoms with van der Waals surface area (Å²) in [6.07, 6.45) is 2.77. The SMILES string of the molecule is CCCOc1ccc2ccccc2c1/C=C1\SC(=Nc2cc(Cl)ccc2OC)NC1=O. The average molecular weight is 453 g/mol. The van der Waals surface area contributed by atoms with Crippen LogP contribution in [0.3, 0.4) is 0 Å². The first-order chi connectivity index (χ1) is 15.1. The van der Waals surface area contributed by atoms with Gasteiger partial charge in [-0.25, -0.2) is 4.99 Å². The third kappa shape index (κ3) is 4.70. The molecule has 0 bridgehead atoms. The number of halogens is 1.